The number of carbonyl (C=O) groups is 1. The molecular weight excluding hydrogens is 228 g/mol. The van der Waals surface area contributed by atoms with E-state index >= 15 is 0 Å². The van der Waals surface area contributed by atoms with E-state index in [0.717, 1.165) is 17.8 Å². The number of benzene rings is 1. The van der Waals surface area contributed by atoms with Crippen LogP contribution in [-0.4, -0.2) is 15.7 Å². The van der Waals surface area contributed by atoms with Crippen molar-refractivity contribution < 1.29 is 4.79 Å². The maximum absolute atomic E-state index is 12.0. The first-order valence-corrected chi connectivity index (χ1v) is 5.79. The van der Waals surface area contributed by atoms with Crippen molar-refractivity contribution in [3.63, 3.8) is 0 Å². The summed E-state index contributed by atoms with van der Waals surface area (Å²) >= 11 is 0. The predicted molar refractivity (Wildman–Crippen MR) is 71.4 cm³/mol. The molecule has 0 saturated heterocycles. The van der Waals surface area contributed by atoms with Crippen molar-refractivity contribution in [3.8, 4) is 0 Å². The van der Waals surface area contributed by atoms with E-state index in [0.29, 0.717) is 11.3 Å². The fourth-order valence-electron chi connectivity index (χ4n) is 1.77. The van der Waals surface area contributed by atoms with E-state index in [-0.39, 0.29) is 5.91 Å². The molecule has 5 heteroatoms. The Balaban J connectivity index is 2.21. The lowest BCUT2D eigenvalue weighted by atomic mass is 10.2. The lowest BCUT2D eigenvalue weighted by Crippen LogP contribution is -2.12. The first kappa shape index (κ1) is 12.2. The van der Waals surface area contributed by atoms with Gasteiger partial charge in [-0.3, -0.25) is 9.48 Å². The van der Waals surface area contributed by atoms with Crippen LogP contribution in [0.5, 0.6) is 0 Å². The van der Waals surface area contributed by atoms with Gasteiger partial charge >= 0.3 is 0 Å². The van der Waals surface area contributed by atoms with Gasteiger partial charge in [-0.15, -0.1) is 0 Å². The number of nitrogen functional groups attached to an aromatic ring is 1. The largest absolute Gasteiger partial charge is 0.399 e. The molecule has 0 aliphatic carbocycles. The Hall–Kier alpha value is -2.30. The predicted octanol–water partition coefficient (Wildman–Crippen LogP) is 1.82. The SMILES string of the molecule is CCc1nn(C)cc1NC(=O)c1cccc(N)c1. The Morgan fingerprint density at radius 2 is 2.28 bits per heavy atom. The van der Waals surface area contributed by atoms with Crippen molar-refractivity contribution >= 4 is 17.3 Å². The highest BCUT2D eigenvalue weighted by Gasteiger charge is 2.11. The number of carbonyl (C=O) groups excluding carboxylic acids is 1. The highest BCUT2D eigenvalue weighted by Crippen LogP contribution is 2.15. The Labute approximate surface area is 106 Å². The van der Waals surface area contributed by atoms with E-state index in [1.807, 2.05) is 14.0 Å². The Morgan fingerprint density at radius 3 is 2.94 bits per heavy atom. The van der Waals surface area contributed by atoms with Crippen LogP contribution >= 0.6 is 0 Å². The third kappa shape index (κ3) is 2.51. The third-order valence-electron chi connectivity index (χ3n) is 2.64. The molecule has 2 rings (SSSR count). The number of nitrogens with two attached hydrogens (primary N) is 1. The van der Waals surface area contributed by atoms with E-state index in [9.17, 15) is 4.79 Å². The summed E-state index contributed by atoms with van der Waals surface area (Å²) in [6.07, 6.45) is 2.57. The van der Waals surface area contributed by atoms with Gasteiger partial charge in [0, 0.05) is 24.5 Å². The number of aryl methyl sites for hydroxylation is 2. The number of anilines is 2. The minimum atomic E-state index is -0.176. The van der Waals surface area contributed by atoms with Crippen molar-refractivity contribution in [1.82, 2.24) is 9.78 Å². The van der Waals surface area contributed by atoms with E-state index < -0.39 is 0 Å². The zero-order chi connectivity index (χ0) is 13.1. The van der Waals surface area contributed by atoms with Crippen molar-refractivity contribution in [2.24, 2.45) is 7.05 Å². The van der Waals surface area contributed by atoms with E-state index in [1.54, 1.807) is 35.1 Å². The molecule has 0 aliphatic rings. The number of amides is 1. The van der Waals surface area contributed by atoms with Gasteiger partial charge in [0.2, 0.25) is 0 Å². The maximum Gasteiger partial charge on any atom is 0.255 e. The minimum absolute atomic E-state index is 0.176. The zero-order valence-electron chi connectivity index (χ0n) is 10.5. The second-order valence-corrected chi connectivity index (χ2v) is 4.10. The molecular formula is C13H16N4O. The molecule has 0 bridgehead atoms. The van der Waals surface area contributed by atoms with Crippen LogP contribution in [0.15, 0.2) is 30.5 Å². The fourth-order valence-corrected chi connectivity index (χ4v) is 1.77. The molecule has 3 N–H and O–H groups in total. The summed E-state index contributed by atoms with van der Waals surface area (Å²) in [4.78, 5) is 12.0. The minimum Gasteiger partial charge on any atom is -0.399 e. The molecule has 1 amide bonds. The molecule has 1 heterocycles. The van der Waals surface area contributed by atoms with Gasteiger partial charge in [0.15, 0.2) is 0 Å². The summed E-state index contributed by atoms with van der Waals surface area (Å²) < 4.78 is 1.69. The summed E-state index contributed by atoms with van der Waals surface area (Å²) in [6, 6.07) is 6.89. The summed E-state index contributed by atoms with van der Waals surface area (Å²) in [7, 11) is 1.83. The molecule has 0 fully saturated rings. The van der Waals surface area contributed by atoms with Crippen LogP contribution < -0.4 is 11.1 Å². The number of nitrogens with one attached hydrogen (secondary N) is 1. The maximum atomic E-state index is 12.0. The molecule has 0 aliphatic heterocycles. The molecule has 2 aromatic rings. The molecule has 18 heavy (non-hydrogen) atoms. The molecule has 0 atom stereocenters. The highest BCUT2D eigenvalue weighted by molar-refractivity contribution is 6.04. The van der Waals surface area contributed by atoms with Crippen molar-refractivity contribution in [2.75, 3.05) is 11.1 Å². The smallest absolute Gasteiger partial charge is 0.255 e. The molecule has 0 saturated carbocycles. The van der Waals surface area contributed by atoms with Crippen molar-refractivity contribution in [2.45, 2.75) is 13.3 Å². The molecule has 0 spiro atoms. The molecule has 94 valence electrons. The normalized spacial score (nSPS) is 10.3. The van der Waals surface area contributed by atoms with Gasteiger partial charge in [-0.25, -0.2) is 0 Å². The summed E-state index contributed by atoms with van der Waals surface area (Å²) in [5.74, 6) is -0.176. The van der Waals surface area contributed by atoms with Crippen LogP contribution in [0, 0.1) is 0 Å². The van der Waals surface area contributed by atoms with Crippen LogP contribution in [0.3, 0.4) is 0 Å². The van der Waals surface area contributed by atoms with Crippen LogP contribution in [0.1, 0.15) is 23.0 Å². The van der Waals surface area contributed by atoms with Gasteiger partial charge in [0.25, 0.3) is 5.91 Å². The number of nitrogens with zero attached hydrogens (tertiary/aromatic N) is 2. The van der Waals surface area contributed by atoms with Gasteiger partial charge in [-0.2, -0.15) is 5.10 Å². The van der Waals surface area contributed by atoms with Crippen molar-refractivity contribution in [3.05, 3.63) is 41.7 Å². The molecule has 0 radical (unpaired) electrons. The number of aromatic nitrogens is 2. The van der Waals surface area contributed by atoms with Gasteiger partial charge in [0.1, 0.15) is 0 Å². The zero-order valence-corrected chi connectivity index (χ0v) is 10.5. The highest BCUT2D eigenvalue weighted by atomic mass is 16.1. The molecule has 1 aromatic heterocycles. The van der Waals surface area contributed by atoms with E-state index in [1.165, 1.54) is 0 Å². The summed E-state index contributed by atoms with van der Waals surface area (Å²) in [6.45, 7) is 2.00. The molecule has 0 unspecified atom stereocenters. The number of hydrogen-bond acceptors (Lipinski definition) is 3. The first-order valence-electron chi connectivity index (χ1n) is 5.79. The summed E-state index contributed by atoms with van der Waals surface area (Å²) in [5.41, 5.74) is 8.38. The van der Waals surface area contributed by atoms with Crippen LogP contribution in [0.25, 0.3) is 0 Å². The van der Waals surface area contributed by atoms with Crippen LogP contribution in [0.2, 0.25) is 0 Å². The fraction of sp³-hybridized carbons (Fsp3) is 0.231. The van der Waals surface area contributed by atoms with Crippen LogP contribution in [0.4, 0.5) is 11.4 Å². The molecule has 5 nitrogen and oxygen atoms in total. The number of rotatable bonds is 3. The Bertz CT molecular complexity index is 574. The average molecular weight is 244 g/mol. The van der Waals surface area contributed by atoms with Gasteiger partial charge in [-0.1, -0.05) is 13.0 Å². The monoisotopic (exact) mass is 244 g/mol. The topological polar surface area (TPSA) is 72.9 Å². The Morgan fingerprint density at radius 1 is 1.50 bits per heavy atom. The van der Waals surface area contributed by atoms with E-state index in [4.69, 9.17) is 5.73 Å². The van der Waals surface area contributed by atoms with Gasteiger partial charge < -0.3 is 11.1 Å². The lowest BCUT2D eigenvalue weighted by molar-refractivity contribution is 0.102. The number of hydrogen-bond donors (Lipinski definition) is 2. The third-order valence-corrected chi connectivity index (χ3v) is 2.64. The average Bonchev–Trinajstić information content (AvgIpc) is 2.69. The van der Waals surface area contributed by atoms with Crippen molar-refractivity contribution in [1.29, 1.82) is 0 Å². The second kappa shape index (κ2) is 4.91. The van der Waals surface area contributed by atoms with Gasteiger partial charge in [-0.05, 0) is 24.6 Å². The Kier molecular flexibility index (Phi) is 3.32. The van der Waals surface area contributed by atoms with Crippen LogP contribution in [-0.2, 0) is 13.5 Å². The first-order chi connectivity index (χ1) is 8.60. The standard InChI is InChI=1S/C13H16N4O/c1-3-11-12(8-17(2)16-11)15-13(18)9-5-4-6-10(14)7-9/h4-8H,3,14H2,1-2H3,(H,15,18). The van der Waals surface area contributed by atoms with Gasteiger partial charge in [0.05, 0.1) is 11.4 Å². The quantitative estimate of drug-likeness (QED) is 0.809. The second-order valence-electron chi connectivity index (χ2n) is 4.10. The van der Waals surface area contributed by atoms with E-state index in [2.05, 4.69) is 10.4 Å². The summed E-state index contributed by atoms with van der Waals surface area (Å²) in [5, 5.41) is 7.12. The molecule has 1 aromatic carbocycles. The lowest BCUT2D eigenvalue weighted by Gasteiger charge is -2.04.